The van der Waals surface area contributed by atoms with E-state index in [9.17, 15) is 0 Å². The molecule has 0 aliphatic rings. The van der Waals surface area contributed by atoms with Gasteiger partial charge >= 0.3 is 0 Å². The first-order valence-corrected chi connectivity index (χ1v) is 5.94. The van der Waals surface area contributed by atoms with Gasteiger partial charge in [0.05, 0.1) is 6.20 Å². The molecule has 0 bridgehead atoms. The molecular weight excluding hydrogens is 210 g/mol. The fraction of sp³-hybridized carbons (Fsp3) is 0.267. The van der Waals surface area contributed by atoms with E-state index in [1.807, 2.05) is 6.92 Å². The molecule has 0 spiro atoms. The van der Waals surface area contributed by atoms with Gasteiger partial charge in [-0.25, -0.2) is 0 Å². The lowest BCUT2D eigenvalue weighted by Crippen LogP contribution is -1.85. The molecule has 86 valence electrons. The monoisotopic (exact) mass is 225 g/mol. The van der Waals surface area contributed by atoms with Crippen LogP contribution in [0.2, 0.25) is 0 Å². The average molecular weight is 225 g/mol. The molecule has 2 heterocycles. The van der Waals surface area contributed by atoms with Crippen LogP contribution in [0.1, 0.15) is 31.0 Å². The van der Waals surface area contributed by atoms with Gasteiger partial charge in [0, 0.05) is 16.5 Å². The van der Waals surface area contributed by atoms with Crippen molar-refractivity contribution in [2.75, 3.05) is 0 Å². The summed E-state index contributed by atoms with van der Waals surface area (Å²) in [5.74, 6) is 0.535. The zero-order valence-corrected chi connectivity index (χ0v) is 10.3. The number of hydrogen-bond acceptors (Lipinski definition) is 2. The van der Waals surface area contributed by atoms with Crippen LogP contribution in [0, 0.1) is 6.92 Å². The molecule has 0 aliphatic carbocycles. The van der Waals surface area contributed by atoms with Crippen LogP contribution >= 0.6 is 0 Å². The van der Waals surface area contributed by atoms with E-state index >= 15 is 0 Å². The summed E-state index contributed by atoms with van der Waals surface area (Å²) in [5, 5.41) is 2.35. The minimum absolute atomic E-state index is 0.535. The zero-order chi connectivity index (χ0) is 12.0. The number of pyridine rings is 1. The summed E-state index contributed by atoms with van der Waals surface area (Å²) in [4.78, 5) is 4.27. The smallest absolute Gasteiger partial charge is 0.153 e. The Bertz CT molecular complexity index is 695. The highest BCUT2D eigenvalue weighted by Gasteiger charge is 2.09. The Morgan fingerprint density at radius 3 is 2.59 bits per heavy atom. The highest BCUT2D eigenvalue weighted by atomic mass is 16.3. The van der Waals surface area contributed by atoms with Crippen LogP contribution < -0.4 is 0 Å². The van der Waals surface area contributed by atoms with E-state index < -0.39 is 0 Å². The van der Waals surface area contributed by atoms with Crippen molar-refractivity contribution in [3.05, 3.63) is 41.7 Å². The van der Waals surface area contributed by atoms with Gasteiger partial charge in [0.25, 0.3) is 0 Å². The first-order valence-electron chi connectivity index (χ1n) is 5.94. The van der Waals surface area contributed by atoms with Gasteiger partial charge in [-0.05, 0) is 36.6 Å². The number of aromatic nitrogens is 1. The third-order valence-corrected chi connectivity index (χ3v) is 3.18. The summed E-state index contributed by atoms with van der Waals surface area (Å²) < 4.78 is 5.78. The Kier molecular flexibility index (Phi) is 2.18. The molecule has 0 aliphatic heterocycles. The second kappa shape index (κ2) is 3.59. The van der Waals surface area contributed by atoms with Gasteiger partial charge in [0.15, 0.2) is 5.58 Å². The summed E-state index contributed by atoms with van der Waals surface area (Å²) in [7, 11) is 0. The van der Waals surface area contributed by atoms with E-state index in [0.717, 1.165) is 22.2 Å². The maximum atomic E-state index is 5.78. The van der Waals surface area contributed by atoms with Gasteiger partial charge < -0.3 is 4.42 Å². The summed E-state index contributed by atoms with van der Waals surface area (Å²) in [6.07, 6.45) is 1.81. The molecule has 0 radical (unpaired) electrons. The highest BCUT2D eigenvalue weighted by molar-refractivity contribution is 6.04. The Labute approximate surface area is 100 Å². The van der Waals surface area contributed by atoms with Gasteiger partial charge in [-0.2, -0.15) is 0 Å². The SMILES string of the molecule is Cc1cc2c(cn1)oc1ccc(C(C)C)cc12. The zero-order valence-electron chi connectivity index (χ0n) is 10.3. The van der Waals surface area contributed by atoms with Crippen molar-refractivity contribution in [1.82, 2.24) is 4.98 Å². The van der Waals surface area contributed by atoms with Crippen LogP contribution in [0.3, 0.4) is 0 Å². The standard InChI is InChI=1S/C15H15NO/c1-9(2)11-4-5-14-13(7-11)12-6-10(3)16-8-15(12)17-14/h4-9H,1-3H3. The topological polar surface area (TPSA) is 26.0 Å². The van der Waals surface area contributed by atoms with Crippen molar-refractivity contribution in [3.8, 4) is 0 Å². The minimum Gasteiger partial charge on any atom is -0.454 e. The van der Waals surface area contributed by atoms with Crippen molar-refractivity contribution >= 4 is 21.9 Å². The number of nitrogens with zero attached hydrogens (tertiary/aromatic N) is 1. The first kappa shape index (κ1) is 10.3. The largest absolute Gasteiger partial charge is 0.454 e. The average Bonchev–Trinajstić information content (AvgIpc) is 2.66. The van der Waals surface area contributed by atoms with Gasteiger partial charge in [0.2, 0.25) is 0 Å². The van der Waals surface area contributed by atoms with Crippen LogP contribution in [0.5, 0.6) is 0 Å². The minimum atomic E-state index is 0.535. The predicted octanol–water partition coefficient (Wildman–Crippen LogP) is 4.41. The van der Waals surface area contributed by atoms with E-state index in [2.05, 4.69) is 43.1 Å². The van der Waals surface area contributed by atoms with Crippen LogP contribution in [0.25, 0.3) is 21.9 Å². The maximum absolute atomic E-state index is 5.78. The molecule has 0 unspecified atom stereocenters. The molecule has 17 heavy (non-hydrogen) atoms. The van der Waals surface area contributed by atoms with Gasteiger partial charge in [-0.1, -0.05) is 19.9 Å². The molecule has 3 rings (SSSR count). The Morgan fingerprint density at radius 1 is 1.06 bits per heavy atom. The normalized spacial score (nSPS) is 11.8. The van der Waals surface area contributed by atoms with Crippen LogP contribution in [0.4, 0.5) is 0 Å². The van der Waals surface area contributed by atoms with E-state index in [-0.39, 0.29) is 0 Å². The van der Waals surface area contributed by atoms with E-state index in [4.69, 9.17) is 4.42 Å². The summed E-state index contributed by atoms with van der Waals surface area (Å²) in [6.45, 7) is 6.41. The van der Waals surface area contributed by atoms with Crippen molar-refractivity contribution in [2.24, 2.45) is 0 Å². The molecular formula is C15H15NO. The molecule has 0 N–H and O–H groups in total. The van der Waals surface area contributed by atoms with Crippen LogP contribution in [0.15, 0.2) is 34.9 Å². The van der Waals surface area contributed by atoms with Crippen LogP contribution in [-0.2, 0) is 0 Å². The molecule has 2 nitrogen and oxygen atoms in total. The fourth-order valence-electron chi connectivity index (χ4n) is 2.16. The predicted molar refractivity (Wildman–Crippen MR) is 70.3 cm³/mol. The Balaban J connectivity index is 2.39. The van der Waals surface area contributed by atoms with Gasteiger partial charge in [0.1, 0.15) is 5.58 Å². The lowest BCUT2D eigenvalue weighted by molar-refractivity contribution is 0.666. The summed E-state index contributed by atoms with van der Waals surface area (Å²) >= 11 is 0. The summed E-state index contributed by atoms with van der Waals surface area (Å²) in [5.41, 5.74) is 4.17. The molecule has 3 aromatic rings. The number of fused-ring (bicyclic) bond motifs is 3. The molecule has 0 atom stereocenters. The van der Waals surface area contributed by atoms with E-state index in [0.29, 0.717) is 5.92 Å². The van der Waals surface area contributed by atoms with Gasteiger partial charge in [-0.15, -0.1) is 0 Å². The number of rotatable bonds is 1. The second-order valence-corrected chi connectivity index (χ2v) is 4.83. The van der Waals surface area contributed by atoms with E-state index in [1.165, 1.54) is 10.9 Å². The number of aryl methyl sites for hydroxylation is 1. The van der Waals surface area contributed by atoms with Crippen molar-refractivity contribution in [2.45, 2.75) is 26.7 Å². The number of furan rings is 1. The highest BCUT2D eigenvalue weighted by Crippen LogP contribution is 2.30. The lowest BCUT2D eigenvalue weighted by Gasteiger charge is -2.03. The maximum Gasteiger partial charge on any atom is 0.153 e. The lowest BCUT2D eigenvalue weighted by atomic mass is 10.0. The van der Waals surface area contributed by atoms with Crippen molar-refractivity contribution in [3.63, 3.8) is 0 Å². The fourth-order valence-corrected chi connectivity index (χ4v) is 2.16. The molecule has 0 saturated heterocycles. The summed E-state index contributed by atoms with van der Waals surface area (Å²) in [6, 6.07) is 8.51. The van der Waals surface area contributed by atoms with Crippen molar-refractivity contribution in [1.29, 1.82) is 0 Å². The molecule has 0 saturated carbocycles. The van der Waals surface area contributed by atoms with Crippen LogP contribution in [-0.4, -0.2) is 4.98 Å². The molecule has 0 amide bonds. The number of hydrogen-bond donors (Lipinski definition) is 0. The number of benzene rings is 1. The first-order chi connectivity index (χ1) is 8.15. The Hall–Kier alpha value is -1.83. The Morgan fingerprint density at radius 2 is 1.82 bits per heavy atom. The quantitative estimate of drug-likeness (QED) is 0.613. The third-order valence-electron chi connectivity index (χ3n) is 3.18. The molecule has 1 aromatic carbocycles. The third kappa shape index (κ3) is 1.60. The molecule has 0 fully saturated rings. The van der Waals surface area contributed by atoms with E-state index in [1.54, 1.807) is 6.20 Å². The molecule has 2 aromatic heterocycles. The molecule has 2 heteroatoms. The van der Waals surface area contributed by atoms with Crippen molar-refractivity contribution < 1.29 is 4.42 Å². The van der Waals surface area contributed by atoms with Gasteiger partial charge in [-0.3, -0.25) is 4.98 Å². The second-order valence-electron chi connectivity index (χ2n) is 4.83.